The van der Waals surface area contributed by atoms with Gasteiger partial charge in [0, 0.05) is 20.1 Å². The molecule has 106 valence electrons. The van der Waals surface area contributed by atoms with Gasteiger partial charge in [0.25, 0.3) is 10.2 Å². The molecule has 1 amide bonds. The smallest absolute Gasteiger partial charge is 0.306 e. The molecule has 18 heavy (non-hydrogen) atoms. The highest BCUT2D eigenvalue weighted by Gasteiger charge is 2.27. The van der Waals surface area contributed by atoms with Gasteiger partial charge in [-0.3, -0.25) is 9.59 Å². The van der Waals surface area contributed by atoms with Crippen LogP contribution in [0.4, 0.5) is 0 Å². The molecule has 0 aliphatic rings. The molecule has 0 saturated heterocycles. The van der Waals surface area contributed by atoms with E-state index in [1.54, 1.807) is 6.92 Å². The van der Waals surface area contributed by atoms with Gasteiger partial charge in [0.15, 0.2) is 0 Å². The predicted molar refractivity (Wildman–Crippen MR) is 64.6 cm³/mol. The summed E-state index contributed by atoms with van der Waals surface area (Å²) in [7, 11) is -1.25. The van der Waals surface area contributed by atoms with Crippen molar-refractivity contribution in [3.8, 4) is 0 Å². The Bertz CT molecular complexity index is 395. The number of nitrogens with two attached hydrogens (primary N) is 1. The highest BCUT2D eigenvalue weighted by molar-refractivity contribution is 7.86. The number of hydrogen-bond donors (Lipinski definition) is 1. The quantitative estimate of drug-likeness (QED) is 0.546. The van der Waals surface area contributed by atoms with E-state index in [9.17, 15) is 18.0 Å². The van der Waals surface area contributed by atoms with Crippen LogP contribution in [0.1, 0.15) is 13.3 Å². The van der Waals surface area contributed by atoms with E-state index in [-0.39, 0.29) is 26.1 Å². The lowest BCUT2D eigenvalue weighted by Gasteiger charge is -2.25. The number of ether oxygens (including phenoxy) is 1. The zero-order valence-corrected chi connectivity index (χ0v) is 11.6. The molecule has 0 fully saturated rings. The van der Waals surface area contributed by atoms with Crippen molar-refractivity contribution in [3.63, 3.8) is 0 Å². The van der Waals surface area contributed by atoms with E-state index in [2.05, 4.69) is 4.74 Å². The minimum absolute atomic E-state index is 0.0235. The number of likely N-dealkylation sites (N-methyl/N-ethyl adjacent to an activating group) is 1. The Hall–Kier alpha value is -1.19. The van der Waals surface area contributed by atoms with E-state index >= 15 is 0 Å². The number of primary amides is 1. The van der Waals surface area contributed by atoms with E-state index in [0.29, 0.717) is 0 Å². The molecule has 0 rings (SSSR count). The van der Waals surface area contributed by atoms with Crippen LogP contribution in [-0.4, -0.2) is 62.7 Å². The van der Waals surface area contributed by atoms with Crippen LogP contribution in [0.5, 0.6) is 0 Å². The molecule has 8 nitrogen and oxygen atoms in total. The van der Waals surface area contributed by atoms with Gasteiger partial charge >= 0.3 is 5.97 Å². The molecule has 0 spiro atoms. The fourth-order valence-corrected chi connectivity index (χ4v) is 2.53. The topological polar surface area (TPSA) is 110 Å². The molecule has 0 atom stereocenters. The van der Waals surface area contributed by atoms with Crippen molar-refractivity contribution in [1.29, 1.82) is 0 Å². The zero-order chi connectivity index (χ0) is 14.3. The molecule has 0 unspecified atom stereocenters. The molecular formula is C9H19N3O5S. The van der Waals surface area contributed by atoms with E-state index < -0.39 is 22.1 Å². The third-order valence-corrected chi connectivity index (χ3v) is 4.27. The van der Waals surface area contributed by atoms with E-state index in [1.165, 1.54) is 14.2 Å². The number of rotatable bonds is 8. The van der Waals surface area contributed by atoms with Crippen LogP contribution in [0.25, 0.3) is 0 Å². The van der Waals surface area contributed by atoms with Crippen molar-refractivity contribution in [3.05, 3.63) is 0 Å². The van der Waals surface area contributed by atoms with Gasteiger partial charge in [0.05, 0.1) is 20.1 Å². The SMILES string of the molecule is CCN(CC(N)=O)S(=O)(=O)N(C)CCC(=O)OC. The summed E-state index contributed by atoms with van der Waals surface area (Å²) < 4.78 is 30.3. The van der Waals surface area contributed by atoms with Gasteiger partial charge in [0.2, 0.25) is 5.91 Å². The predicted octanol–water partition coefficient (Wildman–Crippen LogP) is -1.47. The molecule has 0 bridgehead atoms. The van der Waals surface area contributed by atoms with E-state index in [4.69, 9.17) is 5.73 Å². The summed E-state index contributed by atoms with van der Waals surface area (Å²) >= 11 is 0. The lowest BCUT2D eigenvalue weighted by molar-refractivity contribution is -0.140. The van der Waals surface area contributed by atoms with Gasteiger partial charge in [-0.1, -0.05) is 6.92 Å². The summed E-state index contributed by atoms with van der Waals surface area (Å²) in [6.45, 7) is 1.30. The molecular weight excluding hydrogens is 262 g/mol. The summed E-state index contributed by atoms with van der Waals surface area (Å²) in [6, 6.07) is 0. The molecule has 9 heteroatoms. The number of methoxy groups -OCH3 is 1. The number of hydrogen-bond acceptors (Lipinski definition) is 5. The number of carbonyl (C=O) groups excluding carboxylic acids is 2. The average Bonchev–Trinajstić information content (AvgIpc) is 2.31. The second-order valence-corrected chi connectivity index (χ2v) is 5.58. The molecule has 0 radical (unpaired) electrons. The Balaban J connectivity index is 4.67. The summed E-state index contributed by atoms with van der Waals surface area (Å²) in [5, 5.41) is 0. The third kappa shape index (κ3) is 4.98. The Kier molecular flexibility index (Phi) is 6.81. The van der Waals surface area contributed by atoms with E-state index in [1.807, 2.05) is 0 Å². The van der Waals surface area contributed by atoms with Gasteiger partial charge in [-0.15, -0.1) is 0 Å². The Morgan fingerprint density at radius 1 is 1.33 bits per heavy atom. The van der Waals surface area contributed by atoms with Gasteiger partial charge in [-0.05, 0) is 0 Å². The van der Waals surface area contributed by atoms with Crippen LogP contribution in [0, 0.1) is 0 Å². The first-order valence-corrected chi connectivity index (χ1v) is 6.71. The maximum atomic E-state index is 12.0. The third-order valence-electron chi connectivity index (χ3n) is 2.26. The highest BCUT2D eigenvalue weighted by Crippen LogP contribution is 2.06. The molecule has 0 saturated carbocycles. The fourth-order valence-electron chi connectivity index (χ4n) is 1.19. The van der Waals surface area contributed by atoms with Crippen LogP contribution < -0.4 is 5.73 Å². The largest absolute Gasteiger partial charge is 0.469 e. The molecule has 0 aromatic carbocycles. The normalized spacial score (nSPS) is 11.8. The van der Waals surface area contributed by atoms with Crippen LogP contribution in [0.15, 0.2) is 0 Å². The maximum absolute atomic E-state index is 12.0. The molecule has 2 N–H and O–H groups in total. The second-order valence-electron chi connectivity index (χ2n) is 3.55. The van der Waals surface area contributed by atoms with Crippen molar-refractivity contribution >= 4 is 22.1 Å². The van der Waals surface area contributed by atoms with Crippen LogP contribution >= 0.6 is 0 Å². The van der Waals surface area contributed by atoms with Gasteiger partial charge < -0.3 is 10.5 Å². The second kappa shape index (κ2) is 7.29. The minimum Gasteiger partial charge on any atom is -0.469 e. The maximum Gasteiger partial charge on any atom is 0.306 e. The van der Waals surface area contributed by atoms with Crippen molar-refractivity contribution in [2.24, 2.45) is 5.73 Å². The summed E-state index contributed by atoms with van der Waals surface area (Å²) in [6.07, 6.45) is -0.0552. The lowest BCUT2D eigenvalue weighted by Crippen LogP contribution is -2.46. The number of carbonyl (C=O) groups is 2. The summed E-state index contributed by atoms with van der Waals surface area (Å²) in [4.78, 5) is 21.7. The standard InChI is InChI=1S/C9H19N3O5S/c1-4-12(7-8(10)13)18(15,16)11(2)6-5-9(14)17-3/h4-7H2,1-3H3,(H2,10,13). The first kappa shape index (κ1) is 16.8. The highest BCUT2D eigenvalue weighted by atomic mass is 32.2. The molecule has 0 heterocycles. The van der Waals surface area contributed by atoms with Crippen LogP contribution in [0.3, 0.4) is 0 Å². The molecule has 0 aromatic rings. The van der Waals surface area contributed by atoms with Crippen molar-refractivity contribution in [2.45, 2.75) is 13.3 Å². The Labute approximate surface area is 107 Å². The first-order valence-electron chi connectivity index (χ1n) is 5.32. The van der Waals surface area contributed by atoms with Gasteiger partial charge in [-0.2, -0.15) is 17.0 Å². The first-order chi connectivity index (χ1) is 8.25. The number of amides is 1. The van der Waals surface area contributed by atoms with Crippen molar-refractivity contribution in [1.82, 2.24) is 8.61 Å². The number of esters is 1. The van der Waals surface area contributed by atoms with Crippen molar-refractivity contribution < 1.29 is 22.7 Å². The molecule has 0 aliphatic carbocycles. The minimum atomic E-state index is -3.79. The molecule has 0 aliphatic heterocycles. The van der Waals surface area contributed by atoms with E-state index in [0.717, 1.165) is 8.61 Å². The van der Waals surface area contributed by atoms with Gasteiger partial charge in [0.1, 0.15) is 0 Å². The van der Waals surface area contributed by atoms with Crippen LogP contribution in [0.2, 0.25) is 0 Å². The van der Waals surface area contributed by atoms with Crippen molar-refractivity contribution in [2.75, 3.05) is 33.8 Å². The zero-order valence-electron chi connectivity index (χ0n) is 10.7. The average molecular weight is 281 g/mol. The molecule has 0 aromatic heterocycles. The Morgan fingerprint density at radius 2 is 1.89 bits per heavy atom. The van der Waals surface area contributed by atoms with Crippen LogP contribution in [-0.2, 0) is 24.5 Å². The fraction of sp³-hybridized carbons (Fsp3) is 0.778. The summed E-state index contributed by atoms with van der Waals surface area (Å²) in [5.74, 6) is -1.24. The monoisotopic (exact) mass is 281 g/mol. The Morgan fingerprint density at radius 3 is 2.28 bits per heavy atom. The summed E-state index contributed by atoms with van der Waals surface area (Å²) in [5.41, 5.74) is 4.97. The number of nitrogens with zero attached hydrogens (tertiary/aromatic N) is 2. The van der Waals surface area contributed by atoms with Gasteiger partial charge in [-0.25, -0.2) is 0 Å². The lowest BCUT2D eigenvalue weighted by atomic mass is 10.4.